The summed E-state index contributed by atoms with van der Waals surface area (Å²) in [7, 11) is -8.00. The third-order valence-corrected chi connectivity index (χ3v) is 12.6. The van der Waals surface area contributed by atoms with Gasteiger partial charge in [-0.15, -0.1) is 4.40 Å². The van der Waals surface area contributed by atoms with E-state index in [4.69, 9.17) is 0 Å². The lowest BCUT2D eigenvalue weighted by Crippen LogP contribution is -2.61. The molecule has 13 heteroatoms. The van der Waals surface area contributed by atoms with Crippen molar-refractivity contribution in [1.82, 2.24) is 4.90 Å². The Morgan fingerprint density at radius 2 is 1.63 bits per heavy atom. The molecule has 41 heavy (non-hydrogen) atoms. The molecule has 0 aromatic heterocycles. The molecule has 2 heterocycles. The van der Waals surface area contributed by atoms with Crippen molar-refractivity contribution in [2.45, 2.75) is 17.5 Å². The first kappa shape index (κ1) is 24.2. The summed E-state index contributed by atoms with van der Waals surface area (Å²) in [6.07, 6.45) is 0.956. The molecule has 0 saturated heterocycles. The van der Waals surface area contributed by atoms with E-state index in [9.17, 15) is 31.1 Å². The minimum absolute atomic E-state index is 0.0538. The van der Waals surface area contributed by atoms with E-state index in [0.717, 1.165) is 17.9 Å². The second-order valence-corrected chi connectivity index (χ2v) is 15.9. The lowest BCUT2D eigenvalue weighted by molar-refractivity contribution is -0.141. The van der Waals surface area contributed by atoms with Crippen molar-refractivity contribution in [1.29, 1.82) is 0 Å². The van der Waals surface area contributed by atoms with E-state index in [1.165, 1.54) is 24.3 Å². The number of carbonyl (C=O) groups is 1. The standard InChI is InChI=1S/C28H25FN4O6S2/c1-40(36,37)31-12-6-7-13-14(8-12)41(38,39)32-27(30-13)24-26(34)23-21-17-15-16-18(21)20(16)22(19(15)17)25(23)33(28(24)35)9-10-2-4-11(29)5-3-10/h2-8,15-23,25,31,34H,9H2,1H3,(H,30,32). The van der Waals surface area contributed by atoms with Crippen LogP contribution < -0.4 is 10.0 Å². The Kier molecular flexibility index (Phi) is 4.30. The number of rotatable bonds is 5. The second-order valence-electron chi connectivity index (χ2n) is 12.6. The zero-order valence-corrected chi connectivity index (χ0v) is 23.2. The number of aliphatic hydroxyl groups is 1. The molecule has 8 atom stereocenters. The topological polar surface area (TPSA) is 145 Å². The Bertz CT molecular complexity index is 1870. The van der Waals surface area contributed by atoms with E-state index in [2.05, 4.69) is 14.4 Å². The van der Waals surface area contributed by atoms with E-state index in [-0.39, 0.29) is 63.7 Å². The third-order valence-electron chi connectivity index (χ3n) is 10.7. The molecule has 2 bridgehead atoms. The highest BCUT2D eigenvalue weighted by atomic mass is 32.2. The number of hydrogen-bond acceptors (Lipinski definition) is 7. The van der Waals surface area contributed by atoms with Crippen molar-refractivity contribution in [3.63, 3.8) is 0 Å². The number of amidine groups is 1. The fraction of sp³-hybridized carbons (Fsp3) is 0.429. The van der Waals surface area contributed by atoms with Crippen LogP contribution >= 0.6 is 0 Å². The average Bonchev–Trinajstić information content (AvgIpc) is 3.75. The van der Waals surface area contributed by atoms with Crippen molar-refractivity contribution >= 4 is 43.2 Å². The molecule has 10 nitrogen and oxygen atoms in total. The molecular weight excluding hydrogens is 571 g/mol. The minimum Gasteiger partial charge on any atom is -0.511 e. The number of sulfonamides is 2. The fourth-order valence-corrected chi connectivity index (χ4v) is 11.5. The normalized spacial score (nSPS) is 39.5. The van der Waals surface area contributed by atoms with E-state index in [1.54, 1.807) is 17.0 Å². The van der Waals surface area contributed by atoms with Crippen molar-refractivity contribution in [3.8, 4) is 0 Å². The maximum atomic E-state index is 14.3. The number of fused-ring (bicyclic) bond motifs is 1. The molecule has 2 aliphatic heterocycles. The molecule has 0 radical (unpaired) electrons. The van der Waals surface area contributed by atoms with Crippen LogP contribution in [0.2, 0.25) is 0 Å². The van der Waals surface area contributed by atoms with Gasteiger partial charge in [0.15, 0.2) is 5.84 Å². The van der Waals surface area contributed by atoms with E-state index in [0.29, 0.717) is 41.4 Å². The molecule has 6 saturated carbocycles. The Balaban J connectivity index is 1.15. The van der Waals surface area contributed by atoms with Crippen molar-refractivity contribution < 1.29 is 31.1 Å². The van der Waals surface area contributed by atoms with E-state index in [1.807, 2.05) is 0 Å². The van der Waals surface area contributed by atoms with Crippen LogP contribution in [0.1, 0.15) is 5.56 Å². The molecule has 3 N–H and O–H groups in total. The zero-order chi connectivity index (χ0) is 28.3. The van der Waals surface area contributed by atoms with Gasteiger partial charge in [-0.2, -0.15) is 8.42 Å². The highest BCUT2D eigenvalue weighted by molar-refractivity contribution is 7.92. The number of hydrogen-bond donors (Lipinski definition) is 3. The molecule has 2 aromatic rings. The summed E-state index contributed by atoms with van der Waals surface area (Å²) >= 11 is 0. The first-order chi connectivity index (χ1) is 19.4. The summed E-state index contributed by atoms with van der Waals surface area (Å²) in [5.41, 5.74) is 0.764. The molecule has 6 aliphatic carbocycles. The van der Waals surface area contributed by atoms with Gasteiger partial charge in [-0.05, 0) is 83.2 Å². The number of aliphatic hydroxyl groups excluding tert-OH is 1. The van der Waals surface area contributed by atoms with Crippen LogP contribution in [0.5, 0.6) is 0 Å². The summed E-state index contributed by atoms with van der Waals surface area (Å²) in [4.78, 5) is 15.8. The Morgan fingerprint density at radius 3 is 2.29 bits per heavy atom. The highest BCUT2D eigenvalue weighted by Gasteiger charge is 2.92. The molecule has 6 fully saturated rings. The predicted molar refractivity (Wildman–Crippen MR) is 145 cm³/mol. The molecule has 10 rings (SSSR count). The molecule has 8 aliphatic rings. The number of benzene rings is 2. The number of nitrogens with zero attached hydrogens (tertiary/aromatic N) is 2. The smallest absolute Gasteiger partial charge is 0.286 e. The molecule has 0 spiro atoms. The van der Waals surface area contributed by atoms with Gasteiger partial charge in [0.05, 0.1) is 11.9 Å². The van der Waals surface area contributed by atoms with E-state index < -0.39 is 26.0 Å². The van der Waals surface area contributed by atoms with Crippen molar-refractivity contribution in [2.75, 3.05) is 16.3 Å². The van der Waals surface area contributed by atoms with Gasteiger partial charge in [0, 0.05) is 24.2 Å². The van der Waals surface area contributed by atoms with Gasteiger partial charge in [0.2, 0.25) is 10.0 Å². The average molecular weight is 597 g/mol. The molecule has 8 unspecified atom stereocenters. The van der Waals surface area contributed by atoms with Crippen LogP contribution in [0.4, 0.5) is 15.8 Å². The summed E-state index contributed by atoms with van der Waals surface area (Å²) in [5, 5.41) is 14.7. The molecule has 1 amide bonds. The van der Waals surface area contributed by atoms with Crippen molar-refractivity contribution in [3.05, 3.63) is 65.2 Å². The van der Waals surface area contributed by atoms with Crippen LogP contribution in [-0.4, -0.2) is 50.9 Å². The lowest BCUT2D eigenvalue weighted by atomic mass is 9.59. The quantitative estimate of drug-likeness (QED) is 0.481. The summed E-state index contributed by atoms with van der Waals surface area (Å²) in [6, 6.07) is 9.75. The van der Waals surface area contributed by atoms with Gasteiger partial charge in [0.25, 0.3) is 15.9 Å². The first-order valence-corrected chi connectivity index (χ1v) is 17.0. The summed E-state index contributed by atoms with van der Waals surface area (Å²) in [5.74, 6) is 2.67. The van der Waals surface area contributed by atoms with Gasteiger partial charge in [-0.1, -0.05) is 12.1 Å². The number of nitrogens with one attached hydrogen (secondary N) is 2. The second kappa shape index (κ2) is 7.30. The SMILES string of the molecule is CS(=O)(=O)Nc1ccc2c(c1)S(=O)(=O)N=C(C1=C(O)C3C4C5C6C7C4C7C(C56)C3N(Cc3ccc(F)cc3)C1=O)N2. The van der Waals surface area contributed by atoms with Crippen LogP contribution in [0.25, 0.3) is 0 Å². The Labute approximate surface area is 235 Å². The zero-order valence-electron chi connectivity index (χ0n) is 21.6. The first-order valence-electron chi connectivity index (χ1n) is 13.7. The van der Waals surface area contributed by atoms with Crippen molar-refractivity contribution in [2.24, 2.45) is 57.7 Å². The Hall–Kier alpha value is -3.45. The largest absolute Gasteiger partial charge is 0.511 e. The third kappa shape index (κ3) is 3.05. The lowest BCUT2D eigenvalue weighted by Gasteiger charge is -2.54. The Morgan fingerprint density at radius 1 is 1.00 bits per heavy atom. The van der Waals surface area contributed by atoms with Gasteiger partial charge in [0.1, 0.15) is 22.0 Å². The van der Waals surface area contributed by atoms with Crippen LogP contribution in [0.15, 0.2) is 63.1 Å². The molecule has 212 valence electrons. The van der Waals surface area contributed by atoms with E-state index >= 15 is 0 Å². The summed E-state index contributed by atoms with van der Waals surface area (Å²) < 4.78 is 69.8. The molecular formula is C28H25FN4O6S2. The number of amides is 1. The monoisotopic (exact) mass is 596 g/mol. The highest BCUT2D eigenvalue weighted by Crippen LogP contribution is 2.93. The fourth-order valence-electron chi connectivity index (χ4n) is 9.80. The van der Waals surface area contributed by atoms with Gasteiger partial charge in [-0.25, -0.2) is 12.8 Å². The number of carbonyl (C=O) groups excluding carboxylic acids is 1. The molecule has 2 aromatic carbocycles. The van der Waals surface area contributed by atoms with Crippen LogP contribution in [0, 0.1) is 59.1 Å². The van der Waals surface area contributed by atoms with Gasteiger partial charge < -0.3 is 15.3 Å². The van der Waals surface area contributed by atoms with Gasteiger partial charge in [-0.3, -0.25) is 9.52 Å². The number of halogens is 1. The number of anilines is 2. The minimum atomic E-state index is -4.35. The maximum absolute atomic E-state index is 14.3. The summed E-state index contributed by atoms with van der Waals surface area (Å²) in [6.45, 7) is 0.210. The van der Waals surface area contributed by atoms with Gasteiger partial charge >= 0.3 is 0 Å². The van der Waals surface area contributed by atoms with Crippen LogP contribution in [-0.2, 0) is 31.4 Å². The van der Waals surface area contributed by atoms with Crippen LogP contribution in [0.3, 0.4) is 0 Å². The maximum Gasteiger partial charge on any atom is 0.286 e. The predicted octanol–water partition coefficient (Wildman–Crippen LogP) is 2.55.